The van der Waals surface area contributed by atoms with Crippen molar-refractivity contribution in [3.8, 4) is 0 Å². The molecule has 1 fully saturated rings. The van der Waals surface area contributed by atoms with Crippen LogP contribution in [0.2, 0.25) is 0 Å². The third kappa shape index (κ3) is 4.25. The SMILES string of the molecule is CC1CCCN(S(=O)(=O)c2cccc(C(=O)CNc3cccc4ccccc34)c2)C1. The minimum Gasteiger partial charge on any atom is -0.377 e. The first kappa shape index (κ1) is 20.6. The standard InChI is InChI=1S/C24H26N2O3S/c1-18-7-6-14-26(17-18)30(28,29)21-11-4-10-20(15-21)24(27)16-25-23-13-5-9-19-8-2-3-12-22(19)23/h2-5,8-13,15,18,25H,6-7,14,16-17H2,1H3. The third-order valence-electron chi connectivity index (χ3n) is 5.64. The lowest BCUT2D eigenvalue weighted by Crippen LogP contribution is -2.39. The second-order valence-corrected chi connectivity index (χ2v) is 9.88. The van der Waals surface area contributed by atoms with Crippen LogP contribution in [0, 0.1) is 5.92 Å². The monoisotopic (exact) mass is 422 g/mol. The molecule has 0 amide bonds. The molecule has 0 aromatic heterocycles. The molecule has 0 spiro atoms. The third-order valence-corrected chi connectivity index (χ3v) is 7.50. The number of fused-ring (bicyclic) bond motifs is 1. The second-order valence-electron chi connectivity index (χ2n) is 7.94. The number of benzene rings is 3. The van der Waals surface area contributed by atoms with Gasteiger partial charge in [-0.25, -0.2) is 8.42 Å². The van der Waals surface area contributed by atoms with Gasteiger partial charge in [0.15, 0.2) is 5.78 Å². The fourth-order valence-electron chi connectivity index (χ4n) is 4.00. The van der Waals surface area contributed by atoms with Gasteiger partial charge >= 0.3 is 0 Å². The van der Waals surface area contributed by atoms with Gasteiger partial charge in [0.2, 0.25) is 10.0 Å². The number of ketones is 1. The van der Waals surface area contributed by atoms with E-state index in [0.717, 1.165) is 29.3 Å². The van der Waals surface area contributed by atoms with E-state index < -0.39 is 10.0 Å². The lowest BCUT2D eigenvalue weighted by atomic mass is 10.0. The molecule has 3 aromatic carbocycles. The van der Waals surface area contributed by atoms with Crippen molar-refractivity contribution in [3.63, 3.8) is 0 Å². The van der Waals surface area contributed by atoms with Crippen LogP contribution in [0.5, 0.6) is 0 Å². The second kappa shape index (κ2) is 8.58. The fourth-order valence-corrected chi connectivity index (χ4v) is 5.65. The molecule has 5 nitrogen and oxygen atoms in total. The molecule has 0 bridgehead atoms. The average Bonchev–Trinajstić information content (AvgIpc) is 2.77. The Morgan fingerprint density at radius 2 is 1.83 bits per heavy atom. The Morgan fingerprint density at radius 3 is 2.67 bits per heavy atom. The van der Waals surface area contributed by atoms with E-state index in [1.54, 1.807) is 22.5 Å². The molecule has 1 aliphatic heterocycles. The summed E-state index contributed by atoms with van der Waals surface area (Å²) in [4.78, 5) is 13.0. The summed E-state index contributed by atoms with van der Waals surface area (Å²) in [5.74, 6) is 0.204. The van der Waals surface area contributed by atoms with Crippen LogP contribution in [0.1, 0.15) is 30.1 Å². The molecule has 3 aromatic rings. The van der Waals surface area contributed by atoms with Crippen molar-refractivity contribution in [2.24, 2.45) is 5.92 Å². The predicted molar refractivity (Wildman–Crippen MR) is 120 cm³/mol. The normalized spacial score (nSPS) is 17.7. The molecule has 1 aliphatic rings. The Kier molecular flexibility index (Phi) is 5.88. The van der Waals surface area contributed by atoms with E-state index >= 15 is 0 Å². The fraction of sp³-hybridized carbons (Fsp3) is 0.292. The van der Waals surface area contributed by atoms with Crippen molar-refractivity contribution in [1.82, 2.24) is 4.31 Å². The van der Waals surface area contributed by atoms with Crippen molar-refractivity contribution in [2.45, 2.75) is 24.7 Å². The van der Waals surface area contributed by atoms with E-state index in [1.165, 1.54) is 6.07 Å². The van der Waals surface area contributed by atoms with Gasteiger partial charge in [-0.1, -0.05) is 55.5 Å². The van der Waals surface area contributed by atoms with Gasteiger partial charge in [-0.05, 0) is 42.3 Å². The highest BCUT2D eigenvalue weighted by Crippen LogP contribution is 2.25. The van der Waals surface area contributed by atoms with Crippen molar-refractivity contribution < 1.29 is 13.2 Å². The van der Waals surface area contributed by atoms with Gasteiger partial charge in [0.25, 0.3) is 0 Å². The van der Waals surface area contributed by atoms with E-state index in [-0.39, 0.29) is 17.2 Å². The maximum atomic E-state index is 13.0. The molecular weight excluding hydrogens is 396 g/mol. The summed E-state index contributed by atoms with van der Waals surface area (Å²) < 4.78 is 27.6. The number of piperidine rings is 1. The number of carbonyl (C=O) groups excluding carboxylic acids is 1. The number of Topliss-reactive ketones (excluding diaryl/α,β-unsaturated/α-hetero) is 1. The highest BCUT2D eigenvalue weighted by atomic mass is 32.2. The Bertz CT molecular complexity index is 1170. The molecular formula is C24H26N2O3S. The van der Waals surface area contributed by atoms with Crippen molar-refractivity contribution in [3.05, 3.63) is 72.3 Å². The van der Waals surface area contributed by atoms with Gasteiger partial charge in [0, 0.05) is 29.7 Å². The molecule has 0 radical (unpaired) electrons. The van der Waals surface area contributed by atoms with Crippen LogP contribution in [0.25, 0.3) is 10.8 Å². The van der Waals surface area contributed by atoms with Gasteiger partial charge in [0.1, 0.15) is 0 Å². The molecule has 1 saturated heterocycles. The number of rotatable bonds is 6. The number of nitrogens with one attached hydrogen (secondary N) is 1. The summed E-state index contributed by atoms with van der Waals surface area (Å²) in [5, 5.41) is 5.34. The summed E-state index contributed by atoms with van der Waals surface area (Å²) in [7, 11) is -3.59. The maximum Gasteiger partial charge on any atom is 0.243 e. The van der Waals surface area contributed by atoms with Crippen LogP contribution in [-0.2, 0) is 10.0 Å². The number of hydrogen-bond donors (Lipinski definition) is 1. The number of anilines is 1. The Morgan fingerprint density at radius 1 is 1.07 bits per heavy atom. The summed E-state index contributed by atoms with van der Waals surface area (Å²) >= 11 is 0. The minimum absolute atomic E-state index is 0.0955. The Balaban J connectivity index is 1.51. The average molecular weight is 423 g/mol. The Labute approximate surface area is 177 Å². The summed E-state index contributed by atoms with van der Waals surface area (Å²) in [5.41, 5.74) is 1.28. The van der Waals surface area contributed by atoms with Crippen LogP contribution >= 0.6 is 0 Å². The van der Waals surface area contributed by atoms with Crippen LogP contribution in [-0.4, -0.2) is 38.1 Å². The molecule has 6 heteroatoms. The van der Waals surface area contributed by atoms with Crippen molar-refractivity contribution >= 4 is 32.3 Å². The predicted octanol–water partition coefficient (Wildman–Crippen LogP) is 4.56. The van der Waals surface area contributed by atoms with Crippen LogP contribution in [0.4, 0.5) is 5.69 Å². The number of sulfonamides is 1. The van der Waals surface area contributed by atoms with Gasteiger partial charge in [-0.2, -0.15) is 4.31 Å². The summed E-state index contributed by atoms with van der Waals surface area (Å²) in [6.07, 6.45) is 1.92. The molecule has 4 rings (SSSR count). The van der Waals surface area contributed by atoms with E-state index in [4.69, 9.17) is 0 Å². The number of nitrogens with zero attached hydrogens (tertiary/aromatic N) is 1. The molecule has 0 saturated carbocycles. The molecule has 0 aliphatic carbocycles. The van der Waals surface area contributed by atoms with E-state index in [0.29, 0.717) is 24.6 Å². The molecule has 1 heterocycles. The highest BCUT2D eigenvalue weighted by Gasteiger charge is 2.29. The summed E-state index contributed by atoms with van der Waals surface area (Å²) in [6, 6.07) is 20.3. The zero-order valence-corrected chi connectivity index (χ0v) is 17.9. The molecule has 30 heavy (non-hydrogen) atoms. The number of carbonyl (C=O) groups is 1. The van der Waals surface area contributed by atoms with Crippen molar-refractivity contribution in [2.75, 3.05) is 25.0 Å². The molecule has 1 N–H and O–H groups in total. The molecule has 1 atom stereocenters. The van der Waals surface area contributed by atoms with Crippen LogP contribution in [0.3, 0.4) is 0 Å². The lowest BCUT2D eigenvalue weighted by molar-refractivity contribution is 0.101. The van der Waals surface area contributed by atoms with Gasteiger partial charge in [0.05, 0.1) is 11.4 Å². The van der Waals surface area contributed by atoms with E-state index in [9.17, 15) is 13.2 Å². The largest absolute Gasteiger partial charge is 0.377 e. The summed E-state index contributed by atoms with van der Waals surface area (Å²) in [6.45, 7) is 3.23. The molecule has 156 valence electrons. The smallest absolute Gasteiger partial charge is 0.243 e. The zero-order valence-electron chi connectivity index (χ0n) is 17.0. The first-order valence-electron chi connectivity index (χ1n) is 10.3. The van der Waals surface area contributed by atoms with Gasteiger partial charge < -0.3 is 5.32 Å². The minimum atomic E-state index is -3.59. The van der Waals surface area contributed by atoms with E-state index in [2.05, 4.69) is 12.2 Å². The van der Waals surface area contributed by atoms with E-state index in [1.807, 2.05) is 42.5 Å². The first-order valence-corrected chi connectivity index (χ1v) is 11.7. The van der Waals surface area contributed by atoms with Gasteiger partial charge in [-0.3, -0.25) is 4.79 Å². The lowest BCUT2D eigenvalue weighted by Gasteiger charge is -2.30. The number of hydrogen-bond acceptors (Lipinski definition) is 4. The van der Waals surface area contributed by atoms with Crippen LogP contribution < -0.4 is 5.32 Å². The Hall–Kier alpha value is -2.70. The topological polar surface area (TPSA) is 66.5 Å². The zero-order chi connectivity index (χ0) is 21.1. The maximum absolute atomic E-state index is 13.0. The van der Waals surface area contributed by atoms with Crippen molar-refractivity contribution in [1.29, 1.82) is 0 Å². The van der Waals surface area contributed by atoms with Crippen LogP contribution in [0.15, 0.2) is 71.6 Å². The molecule has 1 unspecified atom stereocenters. The first-order chi connectivity index (χ1) is 14.4. The van der Waals surface area contributed by atoms with Gasteiger partial charge in [-0.15, -0.1) is 0 Å². The quantitative estimate of drug-likeness (QED) is 0.592. The highest BCUT2D eigenvalue weighted by molar-refractivity contribution is 7.89.